The fraction of sp³-hybridized carbons (Fsp3) is 0.467. The molecule has 112 valence electrons. The zero-order chi connectivity index (χ0) is 15.0. The first kappa shape index (κ1) is 14.4. The molecule has 21 heavy (non-hydrogen) atoms. The molecule has 1 aromatic rings. The van der Waals surface area contributed by atoms with Crippen LogP contribution in [0.1, 0.15) is 12.5 Å². The second kappa shape index (κ2) is 5.69. The van der Waals surface area contributed by atoms with Crippen molar-refractivity contribution in [1.29, 1.82) is 0 Å². The molecule has 2 heterocycles. The maximum absolute atomic E-state index is 12.6. The molecule has 0 aliphatic carbocycles. The number of aliphatic carboxylic acids is 1. The second-order valence-electron chi connectivity index (χ2n) is 5.44. The van der Waals surface area contributed by atoms with Crippen molar-refractivity contribution in [3.05, 3.63) is 29.8 Å². The highest BCUT2D eigenvalue weighted by molar-refractivity contribution is 8.01. The predicted octanol–water partition coefficient (Wildman–Crippen LogP) is 1.40. The van der Waals surface area contributed by atoms with Crippen molar-refractivity contribution in [3.8, 4) is 0 Å². The fourth-order valence-electron chi connectivity index (χ4n) is 2.79. The molecule has 1 amide bonds. The molecule has 1 saturated heterocycles. The number of carbonyl (C=O) groups is 2. The Morgan fingerprint density at radius 2 is 2.10 bits per heavy atom. The van der Waals surface area contributed by atoms with E-state index >= 15 is 0 Å². The van der Waals surface area contributed by atoms with Crippen LogP contribution in [0, 0.1) is 0 Å². The first-order valence-electron chi connectivity index (χ1n) is 6.96. The number of hydrogen-bond acceptors (Lipinski definition) is 4. The monoisotopic (exact) mass is 307 g/mol. The van der Waals surface area contributed by atoms with Gasteiger partial charge in [-0.2, -0.15) is 0 Å². The molecule has 1 aromatic carbocycles. The quantitative estimate of drug-likeness (QED) is 0.894. The largest absolute Gasteiger partial charge is 0.479 e. The van der Waals surface area contributed by atoms with E-state index < -0.39 is 12.1 Å². The minimum absolute atomic E-state index is 0.0117. The highest BCUT2D eigenvalue weighted by Crippen LogP contribution is 2.37. The van der Waals surface area contributed by atoms with E-state index in [0.29, 0.717) is 13.0 Å². The SMILES string of the molecule is C[C@@H]1CN(C(=O)C2Cc3ccccc3S2)CC(C(=O)O)O1. The van der Waals surface area contributed by atoms with Gasteiger partial charge in [0.25, 0.3) is 0 Å². The number of fused-ring (bicyclic) bond motifs is 1. The lowest BCUT2D eigenvalue weighted by atomic mass is 10.1. The van der Waals surface area contributed by atoms with E-state index in [9.17, 15) is 9.59 Å². The van der Waals surface area contributed by atoms with Crippen LogP contribution in [-0.4, -0.2) is 52.4 Å². The predicted molar refractivity (Wildman–Crippen MR) is 78.3 cm³/mol. The maximum atomic E-state index is 12.6. The summed E-state index contributed by atoms with van der Waals surface area (Å²) in [7, 11) is 0. The number of nitrogens with zero attached hydrogens (tertiary/aromatic N) is 1. The van der Waals surface area contributed by atoms with Crippen molar-refractivity contribution in [2.45, 2.75) is 35.7 Å². The van der Waals surface area contributed by atoms with Crippen molar-refractivity contribution in [3.63, 3.8) is 0 Å². The first-order valence-corrected chi connectivity index (χ1v) is 7.84. The molecule has 3 rings (SSSR count). The molecule has 0 aromatic heterocycles. The van der Waals surface area contributed by atoms with Gasteiger partial charge in [0.2, 0.25) is 5.91 Å². The van der Waals surface area contributed by atoms with E-state index in [1.165, 1.54) is 5.56 Å². The molecule has 2 unspecified atom stereocenters. The highest BCUT2D eigenvalue weighted by Gasteiger charge is 2.37. The topological polar surface area (TPSA) is 66.8 Å². The van der Waals surface area contributed by atoms with Gasteiger partial charge in [0, 0.05) is 11.4 Å². The number of carboxylic acid groups (broad SMARTS) is 1. The number of carbonyl (C=O) groups excluding carboxylic acids is 1. The zero-order valence-electron chi connectivity index (χ0n) is 11.7. The number of carboxylic acids is 1. The van der Waals surface area contributed by atoms with Gasteiger partial charge in [0.05, 0.1) is 17.9 Å². The van der Waals surface area contributed by atoms with Crippen LogP contribution < -0.4 is 0 Å². The summed E-state index contributed by atoms with van der Waals surface area (Å²) in [6.45, 7) is 2.38. The lowest BCUT2D eigenvalue weighted by Gasteiger charge is -2.36. The van der Waals surface area contributed by atoms with Gasteiger partial charge in [-0.15, -0.1) is 11.8 Å². The Bertz CT molecular complexity index is 552. The lowest BCUT2D eigenvalue weighted by Crippen LogP contribution is -2.53. The van der Waals surface area contributed by atoms with Crippen molar-refractivity contribution in [2.24, 2.45) is 0 Å². The third-order valence-corrected chi connectivity index (χ3v) is 5.07. The smallest absolute Gasteiger partial charge is 0.334 e. The van der Waals surface area contributed by atoms with Gasteiger partial charge in [-0.3, -0.25) is 4.79 Å². The fourth-order valence-corrected chi connectivity index (χ4v) is 4.07. The summed E-state index contributed by atoms with van der Waals surface area (Å²) in [5.74, 6) is -1.00. The zero-order valence-corrected chi connectivity index (χ0v) is 12.5. The third-order valence-electron chi connectivity index (χ3n) is 3.77. The summed E-state index contributed by atoms with van der Waals surface area (Å²) in [6, 6.07) is 8.01. The molecule has 5 nitrogen and oxygen atoms in total. The summed E-state index contributed by atoms with van der Waals surface area (Å²) in [6.07, 6.45) is -0.465. The maximum Gasteiger partial charge on any atom is 0.334 e. The molecule has 1 fully saturated rings. The molecule has 3 atom stereocenters. The van der Waals surface area contributed by atoms with Crippen molar-refractivity contribution in [2.75, 3.05) is 13.1 Å². The number of amides is 1. The summed E-state index contributed by atoms with van der Waals surface area (Å²) in [4.78, 5) is 26.5. The Balaban J connectivity index is 1.70. The van der Waals surface area contributed by atoms with Gasteiger partial charge in [0.15, 0.2) is 6.10 Å². The normalized spacial score (nSPS) is 28.2. The van der Waals surface area contributed by atoms with E-state index in [1.54, 1.807) is 23.6 Å². The van der Waals surface area contributed by atoms with Crippen LogP contribution in [0.2, 0.25) is 0 Å². The van der Waals surface area contributed by atoms with E-state index in [2.05, 4.69) is 0 Å². The van der Waals surface area contributed by atoms with Crippen LogP contribution in [0.3, 0.4) is 0 Å². The second-order valence-corrected chi connectivity index (χ2v) is 6.68. The Labute approximate surface area is 127 Å². The van der Waals surface area contributed by atoms with Gasteiger partial charge in [-0.05, 0) is 25.0 Å². The Morgan fingerprint density at radius 1 is 1.33 bits per heavy atom. The van der Waals surface area contributed by atoms with Crippen LogP contribution >= 0.6 is 11.8 Å². The summed E-state index contributed by atoms with van der Waals surface area (Å²) in [5, 5.41) is 8.94. The molecule has 2 aliphatic rings. The van der Waals surface area contributed by atoms with Crippen molar-refractivity contribution in [1.82, 2.24) is 4.90 Å². The Hall–Kier alpha value is -1.53. The minimum Gasteiger partial charge on any atom is -0.479 e. The molecular formula is C15H17NO4S. The average Bonchev–Trinajstić information content (AvgIpc) is 2.89. The molecule has 0 radical (unpaired) electrons. The number of morpholine rings is 1. The van der Waals surface area contributed by atoms with E-state index in [1.807, 2.05) is 24.3 Å². The van der Waals surface area contributed by atoms with E-state index in [0.717, 1.165) is 4.90 Å². The number of thioether (sulfide) groups is 1. The van der Waals surface area contributed by atoms with E-state index in [4.69, 9.17) is 9.84 Å². The number of benzene rings is 1. The summed E-state index contributed by atoms with van der Waals surface area (Å²) >= 11 is 1.57. The van der Waals surface area contributed by atoms with Crippen LogP contribution in [0.4, 0.5) is 0 Å². The Morgan fingerprint density at radius 3 is 2.81 bits per heavy atom. The van der Waals surface area contributed by atoms with Crippen molar-refractivity contribution >= 4 is 23.6 Å². The molecule has 1 N–H and O–H groups in total. The average molecular weight is 307 g/mol. The van der Waals surface area contributed by atoms with Crippen LogP contribution in [0.15, 0.2) is 29.2 Å². The van der Waals surface area contributed by atoms with Gasteiger partial charge in [-0.25, -0.2) is 4.79 Å². The molecule has 2 aliphatic heterocycles. The molecule has 0 saturated carbocycles. The molecule has 0 spiro atoms. The number of rotatable bonds is 2. The van der Waals surface area contributed by atoms with Crippen molar-refractivity contribution < 1.29 is 19.4 Å². The van der Waals surface area contributed by atoms with Gasteiger partial charge < -0.3 is 14.7 Å². The first-order chi connectivity index (χ1) is 10.0. The van der Waals surface area contributed by atoms with E-state index in [-0.39, 0.29) is 23.8 Å². The molecular weight excluding hydrogens is 290 g/mol. The van der Waals surface area contributed by atoms with Gasteiger partial charge in [-0.1, -0.05) is 18.2 Å². The third kappa shape index (κ3) is 2.91. The highest BCUT2D eigenvalue weighted by atomic mass is 32.2. The Kier molecular flexibility index (Phi) is 3.91. The van der Waals surface area contributed by atoms with Crippen LogP contribution in [0.5, 0.6) is 0 Å². The van der Waals surface area contributed by atoms with Gasteiger partial charge in [0.1, 0.15) is 0 Å². The van der Waals surface area contributed by atoms with Crippen LogP contribution in [0.25, 0.3) is 0 Å². The molecule has 0 bridgehead atoms. The van der Waals surface area contributed by atoms with Gasteiger partial charge >= 0.3 is 5.97 Å². The number of hydrogen-bond donors (Lipinski definition) is 1. The standard InChI is InChI=1S/C15H17NO4S/c1-9-7-16(8-11(20-9)15(18)19)14(17)13-6-10-4-2-3-5-12(10)21-13/h2-5,9,11,13H,6-8H2,1H3,(H,18,19)/t9-,11?,13?/m1/s1. The molecule has 6 heteroatoms. The summed E-state index contributed by atoms with van der Waals surface area (Å²) in [5.41, 5.74) is 1.19. The van der Waals surface area contributed by atoms with Crippen LogP contribution in [-0.2, 0) is 20.7 Å². The lowest BCUT2D eigenvalue weighted by molar-refractivity contribution is -0.166. The minimum atomic E-state index is -1.01. The number of ether oxygens (including phenoxy) is 1. The summed E-state index contributed by atoms with van der Waals surface area (Å²) < 4.78 is 5.35.